The maximum Gasteiger partial charge on any atom is 0.456 e. The zero-order valence-electron chi connectivity index (χ0n) is 17.1. The Morgan fingerprint density at radius 2 is 1.94 bits per heavy atom. The van der Waals surface area contributed by atoms with E-state index in [1.807, 2.05) is 0 Å². The van der Waals surface area contributed by atoms with E-state index < -0.39 is 18.7 Å². The summed E-state index contributed by atoms with van der Waals surface area (Å²) in [6, 6.07) is 4.33. The van der Waals surface area contributed by atoms with Crippen molar-refractivity contribution in [2.24, 2.45) is 0 Å². The van der Waals surface area contributed by atoms with Crippen LogP contribution < -0.4 is 10.1 Å². The van der Waals surface area contributed by atoms with Gasteiger partial charge < -0.3 is 15.2 Å². The monoisotopic (exact) mass is 473 g/mol. The fourth-order valence-corrected chi connectivity index (χ4v) is 2.80. The topological polar surface area (TPSA) is 102 Å². The summed E-state index contributed by atoms with van der Waals surface area (Å²) in [5.74, 6) is -5.45. The lowest BCUT2D eigenvalue weighted by molar-refractivity contribution is -0.290. The highest BCUT2D eigenvalue weighted by Gasteiger charge is 2.58. The van der Waals surface area contributed by atoms with E-state index in [0.29, 0.717) is 35.3 Å². The number of nitrogens with zero attached hydrogens (tertiary/aromatic N) is 4. The van der Waals surface area contributed by atoms with Gasteiger partial charge in [-0.3, -0.25) is 19.4 Å². The van der Waals surface area contributed by atoms with Crippen molar-refractivity contribution >= 4 is 16.8 Å². The van der Waals surface area contributed by atoms with Gasteiger partial charge in [0, 0.05) is 30.9 Å². The summed E-state index contributed by atoms with van der Waals surface area (Å²) in [7, 11) is 0. The molecule has 3 rings (SSSR count). The van der Waals surface area contributed by atoms with E-state index in [-0.39, 0.29) is 31.2 Å². The second kappa shape index (κ2) is 10.1. The smallest absolute Gasteiger partial charge is 0.456 e. The summed E-state index contributed by atoms with van der Waals surface area (Å²) in [6.07, 6.45) is -0.971. The Morgan fingerprint density at radius 1 is 1.15 bits per heavy atom. The molecule has 0 aromatic carbocycles. The van der Waals surface area contributed by atoms with Crippen molar-refractivity contribution in [1.29, 1.82) is 0 Å². The second-order valence-electron chi connectivity index (χ2n) is 7.10. The summed E-state index contributed by atoms with van der Waals surface area (Å²) in [6.45, 7) is -1.34. The van der Waals surface area contributed by atoms with E-state index >= 15 is 0 Å². The van der Waals surface area contributed by atoms with Gasteiger partial charge in [-0.2, -0.15) is 27.1 Å². The fourth-order valence-electron chi connectivity index (χ4n) is 2.80. The Bertz CT molecular complexity index is 1090. The van der Waals surface area contributed by atoms with Gasteiger partial charge in [-0.05, 0) is 24.6 Å². The first-order valence-corrected chi connectivity index (χ1v) is 9.80. The van der Waals surface area contributed by atoms with Gasteiger partial charge in [-0.25, -0.2) is 0 Å². The van der Waals surface area contributed by atoms with Crippen LogP contribution in [0.15, 0.2) is 36.8 Å². The molecule has 178 valence electrons. The molecule has 0 aliphatic heterocycles. The molecule has 0 aliphatic carbocycles. The van der Waals surface area contributed by atoms with Crippen LogP contribution >= 0.6 is 0 Å². The number of carbonyl (C=O) groups excluding carboxylic acids is 1. The SMILES string of the molecule is O=C(Cc1nccc2nn(Cc3ccc(OCC(F)(F)C(F)(F)F)cn3)cc12)NCCCO. The number of aliphatic hydroxyl groups is 1. The highest BCUT2D eigenvalue weighted by atomic mass is 19.4. The zero-order chi connectivity index (χ0) is 24.1. The van der Waals surface area contributed by atoms with Gasteiger partial charge in [-0.1, -0.05) is 0 Å². The summed E-state index contributed by atoms with van der Waals surface area (Å²) in [4.78, 5) is 20.3. The quantitative estimate of drug-likeness (QED) is 0.347. The first-order valence-electron chi connectivity index (χ1n) is 9.80. The molecule has 0 saturated carbocycles. The van der Waals surface area contributed by atoms with E-state index in [2.05, 4.69) is 25.1 Å². The summed E-state index contributed by atoms with van der Waals surface area (Å²) < 4.78 is 68.6. The third kappa shape index (κ3) is 6.34. The summed E-state index contributed by atoms with van der Waals surface area (Å²) >= 11 is 0. The van der Waals surface area contributed by atoms with Gasteiger partial charge in [-0.15, -0.1) is 0 Å². The molecule has 3 aromatic rings. The number of aliphatic hydroxyl groups excluding tert-OH is 1. The van der Waals surface area contributed by atoms with E-state index in [1.165, 1.54) is 18.3 Å². The third-order valence-electron chi connectivity index (χ3n) is 4.51. The van der Waals surface area contributed by atoms with Gasteiger partial charge in [0.25, 0.3) is 0 Å². The van der Waals surface area contributed by atoms with Crippen molar-refractivity contribution < 1.29 is 36.6 Å². The van der Waals surface area contributed by atoms with Gasteiger partial charge in [0.05, 0.1) is 36.1 Å². The highest BCUT2D eigenvalue weighted by Crippen LogP contribution is 2.35. The van der Waals surface area contributed by atoms with Crippen LogP contribution in [0.4, 0.5) is 22.0 Å². The minimum Gasteiger partial charge on any atom is -0.485 e. The number of hydrogen-bond acceptors (Lipinski definition) is 6. The average Bonchev–Trinajstić information content (AvgIpc) is 3.16. The minimum absolute atomic E-state index is 0.0257. The van der Waals surface area contributed by atoms with Crippen molar-refractivity contribution in [3.8, 4) is 5.75 Å². The number of nitrogens with one attached hydrogen (secondary N) is 1. The van der Waals surface area contributed by atoms with E-state index in [1.54, 1.807) is 16.9 Å². The molecule has 8 nitrogen and oxygen atoms in total. The van der Waals surface area contributed by atoms with E-state index in [0.717, 1.165) is 6.20 Å². The largest absolute Gasteiger partial charge is 0.485 e. The molecular formula is C20H20F5N5O3. The molecule has 2 N–H and O–H groups in total. The van der Waals surface area contributed by atoms with Crippen LogP contribution in [0.5, 0.6) is 5.75 Å². The second-order valence-corrected chi connectivity index (χ2v) is 7.10. The molecule has 33 heavy (non-hydrogen) atoms. The van der Waals surface area contributed by atoms with Crippen LogP contribution in [-0.4, -0.2) is 62.6 Å². The predicted octanol–water partition coefficient (Wildman–Crippen LogP) is 2.49. The molecule has 13 heteroatoms. The lowest BCUT2D eigenvalue weighted by atomic mass is 10.2. The van der Waals surface area contributed by atoms with Crippen molar-refractivity contribution in [2.75, 3.05) is 19.8 Å². The molecule has 0 unspecified atom stereocenters. The highest BCUT2D eigenvalue weighted by molar-refractivity contribution is 5.86. The van der Waals surface area contributed by atoms with Gasteiger partial charge in [0.1, 0.15) is 5.75 Å². The van der Waals surface area contributed by atoms with Crippen molar-refractivity contribution in [1.82, 2.24) is 25.1 Å². The number of pyridine rings is 2. The Kier molecular flexibility index (Phi) is 7.41. The maximum atomic E-state index is 13.0. The summed E-state index contributed by atoms with van der Waals surface area (Å²) in [5, 5.41) is 16.5. The molecule has 0 spiro atoms. The number of carbonyl (C=O) groups is 1. The molecule has 0 radical (unpaired) electrons. The minimum atomic E-state index is -5.70. The van der Waals surface area contributed by atoms with E-state index in [4.69, 9.17) is 5.11 Å². The first kappa shape index (κ1) is 24.3. The Hall–Kier alpha value is -3.35. The number of ether oxygens (including phenoxy) is 1. The van der Waals surface area contributed by atoms with Gasteiger partial charge in [0.15, 0.2) is 6.61 Å². The maximum absolute atomic E-state index is 13.0. The summed E-state index contributed by atoms with van der Waals surface area (Å²) in [5.41, 5.74) is 1.56. The number of rotatable bonds is 10. The fraction of sp³-hybridized carbons (Fsp3) is 0.400. The normalized spacial score (nSPS) is 12.2. The molecule has 3 heterocycles. The number of fused-ring (bicyclic) bond motifs is 1. The van der Waals surface area contributed by atoms with Crippen molar-refractivity contribution in [2.45, 2.75) is 31.5 Å². The standard InChI is InChI=1S/C20H20F5N5O3/c21-19(22,20(23,24)25)12-33-14-3-2-13(28-9-14)10-30-11-15-16(29-30)4-6-26-17(15)8-18(32)27-5-1-7-31/h2-4,6,9,11,31H,1,5,7-8,10,12H2,(H,27,32). The Labute approximate surface area is 184 Å². The number of halogens is 5. The zero-order valence-corrected chi connectivity index (χ0v) is 17.1. The number of hydrogen-bond donors (Lipinski definition) is 2. The lowest BCUT2D eigenvalue weighted by Gasteiger charge is -2.19. The number of alkyl halides is 5. The molecule has 1 amide bonds. The molecule has 0 aliphatic rings. The molecular weight excluding hydrogens is 453 g/mol. The first-order chi connectivity index (χ1) is 15.6. The molecule has 0 saturated heterocycles. The van der Waals surface area contributed by atoms with Crippen LogP contribution in [0.3, 0.4) is 0 Å². The van der Waals surface area contributed by atoms with Crippen molar-refractivity contribution in [3.05, 3.63) is 48.2 Å². The van der Waals surface area contributed by atoms with Crippen molar-refractivity contribution in [3.63, 3.8) is 0 Å². The van der Waals surface area contributed by atoms with Crippen LogP contribution in [0.25, 0.3) is 10.9 Å². The number of aromatic nitrogens is 4. The van der Waals surface area contributed by atoms with Crippen LogP contribution in [-0.2, 0) is 17.8 Å². The molecule has 3 aromatic heterocycles. The Balaban J connectivity index is 1.64. The third-order valence-corrected chi connectivity index (χ3v) is 4.51. The van der Waals surface area contributed by atoms with Crippen LogP contribution in [0.1, 0.15) is 17.8 Å². The molecule has 0 atom stereocenters. The van der Waals surface area contributed by atoms with Crippen LogP contribution in [0.2, 0.25) is 0 Å². The average molecular weight is 473 g/mol. The predicted molar refractivity (Wildman–Crippen MR) is 106 cm³/mol. The van der Waals surface area contributed by atoms with Gasteiger partial charge in [0.2, 0.25) is 5.91 Å². The lowest BCUT2D eigenvalue weighted by Crippen LogP contribution is -2.41. The van der Waals surface area contributed by atoms with E-state index in [9.17, 15) is 26.7 Å². The van der Waals surface area contributed by atoms with Crippen LogP contribution in [0, 0.1) is 0 Å². The number of amides is 1. The van der Waals surface area contributed by atoms with Gasteiger partial charge >= 0.3 is 12.1 Å². The molecule has 0 fully saturated rings. The Morgan fingerprint density at radius 3 is 2.61 bits per heavy atom. The molecule has 0 bridgehead atoms.